The Balaban J connectivity index is 2.24. The minimum absolute atomic E-state index is 0.216. The molecular weight excluding hydrogens is 241 g/mol. The maximum Gasteiger partial charge on any atom is 0.104 e. The van der Waals surface area contributed by atoms with Crippen LogP contribution in [0.1, 0.15) is 24.4 Å². The molecule has 0 radical (unpaired) electrons. The first kappa shape index (κ1) is 12.0. The fourth-order valence-electron chi connectivity index (χ4n) is 2.20. The van der Waals surface area contributed by atoms with E-state index in [-0.39, 0.29) is 6.04 Å². The van der Waals surface area contributed by atoms with Crippen LogP contribution in [0.15, 0.2) is 40.9 Å². The largest absolute Gasteiger partial charge is 0.293 e. The summed E-state index contributed by atoms with van der Waals surface area (Å²) in [5, 5.41) is 0. The fourth-order valence-corrected chi connectivity index (χ4v) is 2.44. The summed E-state index contributed by atoms with van der Waals surface area (Å²) in [6.45, 7) is 2.24. The van der Waals surface area contributed by atoms with Crippen molar-refractivity contribution in [3.8, 4) is 0 Å². The van der Waals surface area contributed by atoms with Gasteiger partial charge in [-0.1, -0.05) is 53.5 Å². The van der Waals surface area contributed by atoms with E-state index in [0.717, 1.165) is 13.1 Å². The first-order valence-corrected chi connectivity index (χ1v) is 6.35. The molecule has 86 valence electrons. The standard InChI is InChI=1S/C13H15Cl2N/c14-13(15)10-12(16-8-4-5-9-16)11-6-2-1-3-7-11/h1-3,6-7,10,12H,4-5,8-9H2/t12-/m1/s1. The number of hydrogen-bond acceptors (Lipinski definition) is 1. The van der Waals surface area contributed by atoms with Crippen molar-refractivity contribution in [1.29, 1.82) is 0 Å². The maximum absolute atomic E-state index is 5.80. The molecule has 3 heteroatoms. The van der Waals surface area contributed by atoms with E-state index in [1.54, 1.807) is 0 Å². The van der Waals surface area contributed by atoms with Gasteiger partial charge in [0, 0.05) is 0 Å². The normalized spacial score (nSPS) is 18.4. The van der Waals surface area contributed by atoms with Gasteiger partial charge in [-0.15, -0.1) is 0 Å². The lowest BCUT2D eigenvalue weighted by Crippen LogP contribution is -2.24. The van der Waals surface area contributed by atoms with E-state index in [4.69, 9.17) is 23.2 Å². The Kier molecular flexibility index (Phi) is 4.28. The maximum atomic E-state index is 5.80. The van der Waals surface area contributed by atoms with Crippen LogP contribution in [0, 0.1) is 0 Å². The average Bonchev–Trinajstić information content (AvgIpc) is 2.80. The van der Waals surface area contributed by atoms with Crippen LogP contribution >= 0.6 is 23.2 Å². The lowest BCUT2D eigenvalue weighted by atomic mass is 10.1. The summed E-state index contributed by atoms with van der Waals surface area (Å²) in [5.74, 6) is 0. The monoisotopic (exact) mass is 255 g/mol. The van der Waals surface area contributed by atoms with Gasteiger partial charge in [-0.3, -0.25) is 4.90 Å². The van der Waals surface area contributed by atoms with Crippen LogP contribution in [0.4, 0.5) is 0 Å². The summed E-state index contributed by atoms with van der Waals surface area (Å²) >= 11 is 11.6. The number of halogens is 2. The molecule has 1 aromatic carbocycles. The van der Waals surface area contributed by atoms with E-state index >= 15 is 0 Å². The second-order valence-electron chi connectivity index (χ2n) is 4.05. The van der Waals surface area contributed by atoms with Crippen LogP contribution < -0.4 is 0 Å². The van der Waals surface area contributed by atoms with Crippen molar-refractivity contribution in [1.82, 2.24) is 4.90 Å². The van der Waals surface area contributed by atoms with E-state index in [0.29, 0.717) is 4.49 Å². The van der Waals surface area contributed by atoms with Crippen molar-refractivity contribution in [3.63, 3.8) is 0 Å². The second-order valence-corrected chi connectivity index (χ2v) is 5.06. The van der Waals surface area contributed by atoms with Gasteiger partial charge in [-0.25, -0.2) is 0 Å². The third-order valence-electron chi connectivity index (χ3n) is 2.96. The molecular formula is C13H15Cl2N. The van der Waals surface area contributed by atoms with Crippen molar-refractivity contribution < 1.29 is 0 Å². The molecule has 1 saturated heterocycles. The summed E-state index contributed by atoms with van der Waals surface area (Å²) in [4.78, 5) is 2.42. The van der Waals surface area contributed by atoms with Crippen LogP contribution in [-0.4, -0.2) is 18.0 Å². The molecule has 0 bridgehead atoms. The van der Waals surface area contributed by atoms with Crippen LogP contribution in [0.5, 0.6) is 0 Å². The predicted octanol–water partition coefficient (Wildman–Crippen LogP) is 4.14. The molecule has 0 amide bonds. The molecule has 0 spiro atoms. The zero-order valence-corrected chi connectivity index (χ0v) is 10.6. The zero-order valence-electron chi connectivity index (χ0n) is 9.07. The molecule has 1 fully saturated rings. The number of hydrogen-bond donors (Lipinski definition) is 0. The number of rotatable bonds is 3. The van der Waals surface area contributed by atoms with E-state index in [2.05, 4.69) is 17.0 Å². The van der Waals surface area contributed by atoms with Gasteiger partial charge < -0.3 is 0 Å². The van der Waals surface area contributed by atoms with Gasteiger partial charge >= 0.3 is 0 Å². The molecule has 16 heavy (non-hydrogen) atoms. The lowest BCUT2D eigenvalue weighted by Gasteiger charge is -2.25. The third kappa shape index (κ3) is 3.00. The van der Waals surface area contributed by atoms with E-state index in [1.165, 1.54) is 18.4 Å². The molecule has 1 nitrogen and oxygen atoms in total. The molecule has 0 unspecified atom stereocenters. The second kappa shape index (κ2) is 5.72. The molecule has 1 heterocycles. The van der Waals surface area contributed by atoms with Gasteiger partial charge in [0.1, 0.15) is 4.49 Å². The Bertz CT molecular complexity index is 351. The van der Waals surface area contributed by atoms with Crippen LogP contribution in [-0.2, 0) is 0 Å². The molecule has 2 rings (SSSR count). The highest BCUT2D eigenvalue weighted by molar-refractivity contribution is 6.55. The molecule has 0 saturated carbocycles. The highest BCUT2D eigenvalue weighted by atomic mass is 35.5. The summed E-state index contributed by atoms with van der Waals surface area (Å²) in [7, 11) is 0. The Hall–Kier alpha value is -0.500. The van der Waals surface area contributed by atoms with Crippen molar-refractivity contribution in [2.24, 2.45) is 0 Å². The van der Waals surface area contributed by atoms with E-state index < -0.39 is 0 Å². The average molecular weight is 256 g/mol. The van der Waals surface area contributed by atoms with Gasteiger partial charge in [0.25, 0.3) is 0 Å². The minimum Gasteiger partial charge on any atom is -0.293 e. The molecule has 0 aliphatic carbocycles. The van der Waals surface area contributed by atoms with Crippen molar-refractivity contribution >= 4 is 23.2 Å². The smallest absolute Gasteiger partial charge is 0.104 e. The van der Waals surface area contributed by atoms with Crippen molar-refractivity contribution in [3.05, 3.63) is 46.5 Å². The topological polar surface area (TPSA) is 3.24 Å². The van der Waals surface area contributed by atoms with Crippen molar-refractivity contribution in [2.75, 3.05) is 13.1 Å². The summed E-state index contributed by atoms with van der Waals surface area (Å²) in [6.07, 6.45) is 4.44. The SMILES string of the molecule is ClC(Cl)=C[C@H](c1ccccc1)N1CCCC1. The van der Waals surface area contributed by atoms with Crippen molar-refractivity contribution in [2.45, 2.75) is 18.9 Å². The zero-order chi connectivity index (χ0) is 11.4. The molecule has 0 aromatic heterocycles. The van der Waals surface area contributed by atoms with Gasteiger partial charge in [0.2, 0.25) is 0 Å². The Labute approximate surface area is 107 Å². The van der Waals surface area contributed by atoms with Gasteiger partial charge in [-0.05, 0) is 37.6 Å². The quantitative estimate of drug-likeness (QED) is 0.785. The van der Waals surface area contributed by atoms with Crippen LogP contribution in [0.3, 0.4) is 0 Å². The number of benzene rings is 1. The molecule has 0 N–H and O–H groups in total. The fraction of sp³-hybridized carbons (Fsp3) is 0.385. The van der Waals surface area contributed by atoms with Crippen LogP contribution in [0.2, 0.25) is 0 Å². The molecule has 1 aromatic rings. The first-order valence-electron chi connectivity index (χ1n) is 5.59. The van der Waals surface area contributed by atoms with Gasteiger partial charge in [0.05, 0.1) is 6.04 Å². The van der Waals surface area contributed by atoms with E-state index in [1.807, 2.05) is 24.3 Å². The van der Waals surface area contributed by atoms with E-state index in [9.17, 15) is 0 Å². The molecule has 1 aliphatic heterocycles. The number of likely N-dealkylation sites (tertiary alicyclic amines) is 1. The number of nitrogens with zero attached hydrogens (tertiary/aromatic N) is 1. The lowest BCUT2D eigenvalue weighted by molar-refractivity contribution is 0.288. The Morgan fingerprint density at radius 3 is 2.31 bits per heavy atom. The van der Waals surface area contributed by atoms with Gasteiger partial charge in [-0.2, -0.15) is 0 Å². The highest BCUT2D eigenvalue weighted by Crippen LogP contribution is 2.28. The summed E-state index contributed by atoms with van der Waals surface area (Å²) in [5.41, 5.74) is 1.25. The molecule has 1 aliphatic rings. The Morgan fingerprint density at radius 2 is 1.75 bits per heavy atom. The molecule has 1 atom stereocenters. The Morgan fingerprint density at radius 1 is 1.12 bits per heavy atom. The minimum atomic E-state index is 0.216. The van der Waals surface area contributed by atoms with Crippen LogP contribution in [0.25, 0.3) is 0 Å². The summed E-state index contributed by atoms with van der Waals surface area (Å²) < 4.78 is 0.348. The van der Waals surface area contributed by atoms with Gasteiger partial charge in [0.15, 0.2) is 0 Å². The first-order chi connectivity index (χ1) is 7.77. The third-order valence-corrected chi connectivity index (χ3v) is 3.21. The highest BCUT2D eigenvalue weighted by Gasteiger charge is 2.21. The predicted molar refractivity (Wildman–Crippen MR) is 69.8 cm³/mol. The summed E-state index contributed by atoms with van der Waals surface area (Å²) in [6, 6.07) is 10.6.